The number of thiophene rings is 2. The Labute approximate surface area is 221 Å². The molecule has 0 amide bonds. The molecule has 0 bridgehead atoms. The second-order valence-electron chi connectivity index (χ2n) is 9.04. The zero-order valence-corrected chi connectivity index (χ0v) is 23.1. The van der Waals surface area contributed by atoms with Crippen LogP contribution >= 0.6 is 22.7 Å². The lowest BCUT2D eigenvalue weighted by Gasteiger charge is -1.96. The predicted molar refractivity (Wildman–Crippen MR) is 155 cm³/mol. The molecular formula is C33H36S2. The number of benzene rings is 1. The number of hydrogen-bond acceptors (Lipinski definition) is 2. The highest BCUT2D eigenvalue weighted by molar-refractivity contribution is 7.13. The molecule has 1 aromatic carbocycles. The summed E-state index contributed by atoms with van der Waals surface area (Å²) in [4.78, 5) is 4.72. The van der Waals surface area contributed by atoms with Gasteiger partial charge in [0.15, 0.2) is 0 Å². The van der Waals surface area contributed by atoms with Gasteiger partial charge in [0.1, 0.15) is 0 Å². The molecular weight excluding hydrogens is 460 g/mol. The molecule has 0 atom stereocenters. The van der Waals surface area contributed by atoms with E-state index in [-0.39, 0.29) is 0 Å². The molecule has 35 heavy (non-hydrogen) atoms. The Morgan fingerprint density at radius 3 is 1.77 bits per heavy atom. The molecule has 0 aliphatic rings. The van der Waals surface area contributed by atoms with E-state index in [4.69, 9.17) is 6.42 Å². The molecule has 0 fully saturated rings. The van der Waals surface area contributed by atoms with E-state index in [1.165, 1.54) is 66.7 Å². The third-order valence-electron chi connectivity index (χ3n) is 5.95. The van der Waals surface area contributed by atoms with Crippen molar-refractivity contribution in [3.05, 3.63) is 78.2 Å². The van der Waals surface area contributed by atoms with Crippen molar-refractivity contribution >= 4 is 22.7 Å². The highest BCUT2D eigenvalue weighted by atomic mass is 32.1. The number of aryl methyl sites for hydroxylation is 3. The van der Waals surface area contributed by atoms with E-state index in [1.54, 1.807) is 22.7 Å². The highest BCUT2D eigenvalue weighted by Gasteiger charge is 2.08. The predicted octanol–water partition coefficient (Wildman–Crippen LogP) is 9.14. The van der Waals surface area contributed by atoms with Crippen molar-refractivity contribution in [2.45, 2.75) is 85.0 Å². The largest absolute Gasteiger partial charge is 0.130 e. The molecule has 180 valence electrons. The first-order valence-electron chi connectivity index (χ1n) is 13.0. The van der Waals surface area contributed by atoms with Gasteiger partial charge < -0.3 is 0 Å². The number of unbranched alkanes of at least 4 members (excludes halogenated alkanes) is 6. The summed E-state index contributed by atoms with van der Waals surface area (Å²) in [5, 5.41) is 0. The molecule has 0 spiro atoms. The molecule has 2 aromatic heterocycles. The van der Waals surface area contributed by atoms with E-state index >= 15 is 0 Å². The summed E-state index contributed by atoms with van der Waals surface area (Å²) in [5.41, 5.74) is 4.30. The summed E-state index contributed by atoms with van der Waals surface area (Å²) in [6, 6.07) is 12.8. The second-order valence-corrected chi connectivity index (χ2v) is 11.3. The monoisotopic (exact) mass is 496 g/mol. The Morgan fingerprint density at radius 1 is 0.657 bits per heavy atom. The second kappa shape index (κ2) is 14.6. The lowest BCUT2D eigenvalue weighted by Crippen LogP contribution is -1.81. The van der Waals surface area contributed by atoms with Crippen molar-refractivity contribution in [1.82, 2.24) is 0 Å². The van der Waals surface area contributed by atoms with Crippen LogP contribution in [0.1, 0.15) is 107 Å². The van der Waals surface area contributed by atoms with Crippen molar-refractivity contribution in [3.8, 4) is 36.0 Å². The van der Waals surface area contributed by atoms with Crippen LogP contribution < -0.4 is 0 Å². The van der Waals surface area contributed by atoms with Gasteiger partial charge in [-0.2, -0.15) is 0 Å². The third kappa shape index (κ3) is 8.79. The maximum Gasteiger partial charge on any atom is 0.0931 e. The SMILES string of the molecule is C#Cc1sc(CCCCCC)cc1C#Cc1sc(CCCCCC)cc1C#Cc1ccc(C)cc1. The molecule has 2 heterocycles. The Kier molecular flexibility index (Phi) is 11.3. The van der Waals surface area contributed by atoms with Gasteiger partial charge in [0.2, 0.25) is 0 Å². The van der Waals surface area contributed by atoms with Gasteiger partial charge in [0, 0.05) is 15.3 Å². The summed E-state index contributed by atoms with van der Waals surface area (Å²) < 4.78 is 0. The molecule has 2 heteroatoms. The molecule has 3 aromatic rings. The van der Waals surface area contributed by atoms with Crippen molar-refractivity contribution in [2.75, 3.05) is 0 Å². The minimum atomic E-state index is 0.951. The van der Waals surface area contributed by atoms with Crippen LogP contribution in [0.15, 0.2) is 36.4 Å². The maximum absolute atomic E-state index is 5.82. The zero-order valence-electron chi connectivity index (χ0n) is 21.4. The smallest absolute Gasteiger partial charge is 0.0931 e. The molecule has 0 aliphatic heterocycles. The fourth-order valence-corrected chi connectivity index (χ4v) is 5.84. The first-order valence-corrected chi connectivity index (χ1v) is 14.6. The van der Waals surface area contributed by atoms with Gasteiger partial charge in [-0.3, -0.25) is 0 Å². The van der Waals surface area contributed by atoms with Crippen LogP contribution in [0.2, 0.25) is 0 Å². The number of hydrogen-bond donors (Lipinski definition) is 0. The Bertz CT molecular complexity index is 1240. The van der Waals surface area contributed by atoms with Gasteiger partial charge in [-0.1, -0.05) is 93.8 Å². The van der Waals surface area contributed by atoms with Crippen LogP contribution in [0.5, 0.6) is 0 Å². The fourth-order valence-electron chi connectivity index (χ4n) is 3.87. The van der Waals surface area contributed by atoms with Crippen LogP contribution in [0.4, 0.5) is 0 Å². The first kappa shape index (κ1) is 26.9. The van der Waals surface area contributed by atoms with E-state index < -0.39 is 0 Å². The van der Waals surface area contributed by atoms with E-state index in [0.717, 1.165) is 39.3 Å². The standard InChI is InChI=1S/C33H36S2/c1-5-8-10-12-14-30-24-28(32(7-3)34-30)22-23-33-29(21-20-27-18-16-26(4)17-19-27)25-31(35-33)15-13-11-9-6-2/h3,16-19,24-25H,5-6,8-15H2,1-2,4H3. The minimum absolute atomic E-state index is 0.951. The molecule has 0 saturated carbocycles. The summed E-state index contributed by atoms with van der Waals surface area (Å²) in [6.45, 7) is 6.60. The van der Waals surface area contributed by atoms with Crippen molar-refractivity contribution in [2.24, 2.45) is 0 Å². The topological polar surface area (TPSA) is 0 Å². The molecule has 0 unspecified atom stereocenters. The quantitative estimate of drug-likeness (QED) is 0.194. The van der Waals surface area contributed by atoms with Crippen LogP contribution in [0, 0.1) is 42.9 Å². The van der Waals surface area contributed by atoms with Gasteiger partial charge in [-0.25, -0.2) is 0 Å². The Morgan fingerprint density at radius 2 is 1.20 bits per heavy atom. The average molecular weight is 497 g/mol. The van der Waals surface area contributed by atoms with E-state index in [2.05, 4.69) is 86.8 Å². The van der Waals surface area contributed by atoms with E-state index in [1.807, 2.05) is 0 Å². The summed E-state index contributed by atoms with van der Waals surface area (Å²) in [5.74, 6) is 16.4. The van der Waals surface area contributed by atoms with Gasteiger partial charge in [0.05, 0.1) is 20.9 Å². The summed E-state index contributed by atoms with van der Waals surface area (Å²) >= 11 is 3.51. The highest BCUT2D eigenvalue weighted by Crippen LogP contribution is 2.26. The molecule has 0 nitrogen and oxygen atoms in total. The third-order valence-corrected chi connectivity index (χ3v) is 8.19. The van der Waals surface area contributed by atoms with E-state index in [0.29, 0.717) is 0 Å². The zero-order chi connectivity index (χ0) is 24.9. The van der Waals surface area contributed by atoms with Crippen LogP contribution in [-0.2, 0) is 12.8 Å². The lowest BCUT2D eigenvalue weighted by atomic mass is 10.1. The summed E-state index contributed by atoms with van der Waals surface area (Å²) in [6.07, 6.45) is 18.1. The van der Waals surface area contributed by atoms with E-state index in [9.17, 15) is 0 Å². The van der Waals surface area contributed by atoms with Crippen molar-refractivity contribution in [3.63, 3.8) is 0 Å². The molecule has 0 saturated heterocycles. The minimum Gasteiger partial charge on any atom is -0.130 e. The van der Waals surface area contributed by atoms with Gasteiger partial charge in [-0.15, -0.1) is 29.1 Å². The van der Waals surface area contributed by atoms with Crippen molar-refractivity contribution in [1.29, 1.82) is 0 Å². The maximum atomic E-state index is 5.82. The van der Waals surface area contributed by atoms with Crippen molar-refractivity contribution < 1.29 is 0 Å². The lowest BCUT2D eigenvalue weighted by molar-refractivity contribution is 0.670. The molecule has 0 aliphatic carbocycles. The van der Waals surface area contributed by atoms with Crippen LogP contribution in [0.25, 0.3) is 0 Å². The Hall–Kier alpha value is -2.70. The first-order chi connectivity index (χ1) is 17.1. The molecule has 0 N–H and O–H groups in total. The van der Waals surface area contributed by atoms with Crippen LogP contribution in [0.3, 0.4) is 0 Å². The summed E-state index contributed by atoms with van der Waals surface area (Å²) in [7, 11) is 0. The van der Waals surface area contributed by atoms with Gasteiger partial charge in [-0.05, 0) is 62.8 Å². The van der Waals surface area contributed by atoms with Gasteiger partial charge >= 0.3 is 0 Å². The van der Waals surface area contributed by atoms with Crippen LogP contribution in [-0.4, -0.2) is 0 Å². The number of rotatable bonds is 10. The average Bonchev–Trinajstić information content (AvgIpc) is 3.46. The molecule has 0 radical (unpaired) electrons. The van der Waals surface area contributed by atoms with Gasteiger partial charge in [0.25, 0.3) is 0 Å². The molecule has 3 rings (SSSR count). The fraction of sp³-hybridized carbons (Fsp3) is 0.394. The normalized spacial score (nSPS) is 10.2. The Balaban J connectivity index is 1.84. The number of terminal acetylenes is 1.